The van der Waals surface area contributed by atoms with E-state index < -0.39 is 5.91 Å². The zero-order valence-corrected chi connectivity index (χ0v) is 13.5. The van der Waals surface area contributed by atoms with Crippen molar-refractivity contribution in [2.75, 3.05) is 5.32 Å². The first kappa shape index (κ1) is 16.7. The standard InChI is InChI=1S/C16H15ClN4O2/c1-10(2)13-6-16(23)21(9-19-13)8-15(22)20-14-5-12(17)4-3-11(14)7-18/h3-6,9-10H,8H2,1-2H3,(H,20,22). The van der Waals surface area contributed by atoms with Crippen molar-refractivity contribution in [1.29, 1.82) is 5.26 Å². The van der Waals surface area contributed by atoms with Gasteiger partial charge < -0.3 is 5.32 Å². The molecular formula is C16H15ClN4O2. The molecule has 0 aliphatic rings. The maximum Gasteiger partial charge on any atom is 0.254 e. The number of nitrogens with zero attached hydrogens (tertiary/aromatic N) is 3. The molecule has 2 rings (SSSR count). The van der Waals surface area contributed by atoms with Crippen molar-refractivity contribution in [3.63, 3.8) is 0 Å². The molecule has 23 heavy (non-hydrogen) atoms. The van der Waals surface area contributed by atoms with Gasteiger partial charge in [0.15, 0.2) is 0 Å². The van der Waals surface area contributed by atoms with E-state index in [-0.39, 0.29) is 18.0 Å². The predicted octanol–water partition coefficient (Wildman–Crippen LogP) is 2.53. The van der Waals surface area contributed by atoms with Crippen molar-refractivity contribution in [3.05, 3.63) is 57.2 Å². The van der Waals surface area contributed by atoms with Crippen LogP contribution in [0.5, 0.6) is 0 Å². The number of carbonyl (C=O) groups excluding carboxylic acids is 1. The van der Waals surface area contributed by atoms with E-state index in [1.165, 1.54) is 29.1 Å². The molecule has 1 amide bonds. The van der Waals surface area contributed by atoms with E-state index in [9.17, 15) is 9.59 Å². The SMILES string of the molecule is CC(C)c1cc(=O)n(CC(=O)Nc2cc(Cl)ccc2C#N)cn1. The minimum absolute atomic E-state index is 0.135. The average molecular weight is 331 g/mol. The largest absolute Gasteiger partial charge is 0.323 e. The van der Waals surface area contributed by atoms with E-state index in [0.29, 0.717) is 22.0 Å². The second-order valence-corrected chi connectivity index (χ2v) is 5.72. The van der Waals surface area contributed by atoms with Gasteiger partial charge >= 0.3 is 0 Å². The Balaban J connectivity index is 2.16. The molecule has 0 radical (unpaired) electrons. The Morgan fingerprint density at radius 1 is 1.43 bits per heavy atom. The van der Waals surface area contributed by atoms with E-state index in [1.54, 1.807) is 6.07 Å². The number of carbonyl (C=O) groups is 1. The number of rotatable bonds is 4. The van der Waals surface area contributed by atoms with Crippen LogP contribution in [0.3, 0.4) is 0 Å². The van der Waals surface area contributed by atoms with Crippen molar-refractivity contribution in [2.45, 2.75) is 26.3 Å². The zero-order valence-electron chi connectivity index (χ0n) is 12.7. The Hall–Kier alpha value is -2.65. The van der Waals surface area contributed by atoms with Crippen molar-refractivity contribution in [2.24, 2.45) is 0 Å². The second-order valence-electron chi connectivity index (χ2n) is 5.28. The van der Waals surface area contributed by atoms with Crippen LogP contribution in [0.25, 0.3) is 0 Å². The summed E-state index contributed by atoms with van der Waals surface area (Å²) in [6, 6.07) is 7.95. The Kier molecular flexibility index (Phi) is 5.14. The fraction of sp³-hybridized carbons (Fsp3) is 0.250. The van der Waals surface area contributed by atoms with Gasteiger partial charge in [0.25, 0.3) is 5.56 Å². The zero-order chi connectivity index (χ0) is 17.0. The summed E-state index contributed by atoms with van der Waals surface area (Å²) in [6.07, 6.45) is 1.35. The first-order valence-corrected chi connectivity index (χ1v) is 7.34. The summed E-state index contributed by atoms with van der Waals surface area (Å²) in [6.45, 7) is 3.67. The molecule has 0 aliphatic carbocycles. The van der Waals surface area contributed by atoms with Gasteiger partial charge in [0.05, 0.1) is 23.3 Å². The van der Waals surface area contributed by atoms with Gasteiger partial charge in [-0.15, -0.1) is 0 Å². The van der Waals surface area contributed by atoms with Gasteiger partial charge in [-0.05, 0) is 24.1 Å². The molecule has 7 heteroatoms. The lowest BCUT2D eigenvalue weighted by Gasteiger charge is -2.10. The van der Waals surface area contributed by atoms with Gasteiger partial charge in [-0.25, -0.2) is 4.98 Å². The highest BCUT2D eigenvalue weighted by atomic mass is 35.5. The van der Waals surface area contributed by atoms with Gasteiger partial charge in [-0.3, -0.25) is 14.2 Å². The van der Waals surface area contributed by atoms with E-state index in [1.807, 2.05) is 19.9 Å². The summed E-state index contributed by atoms with van der Waals surface area (Å²) >= 11 is 5.86. The molecule has 0 atom stereocenters. The van der Waals surface area contributed by atoms with Gasteiger partial charge in [0.1, 0.15) is 12.6 Å². The molecule has 0 fully saturated rings. The number of halogens is 1. The van der Waals surface area contributed by atoms with Crippen molar-refractivity contribution < 1.29 is 4.79 Å². The summed E-state index contributed by atoms with van der Waals surface area (Å²) in [5.74, 6) is -0.305. The maximum atomic E-state index is 12.1. The van der Waals surface area contributed by atoms with Crippen LogP contribution in [0.4, 0.5) is 5.69 Å². The first-order valence-electron chi connectivity index (χ1n) is 6.96. The number of hydrogen-bond donors (Lipinski definition) is 1. The predicted molar refractivity (Wildman–Crippen MR) is 87.4 cm³/mol. The summed E-state index contributed by atoms with van der Waals surface area (Å²) in [5, 5.41) is 12.0. The van der Waals surface area contributed by atoms with Gasteiger partial charge in [0.2, 0.25) is 5.91 Å². The fourth-order valence-corrected chi connectivity index (χ4v) is 2.11. The molecule has 6 nitrogen and oxygen atoms in total. The minimum atomic E-state index is -0.440. The van der Waals surface area contributed by atoms with Crippen LogP contribution >= 0.6 is 11.6 Å². The van der Waals surface area contributed by atoms with Crippen LogP contribution in [0, 0.1) is 11.3 Å². The van der Waals surface area contributed by atoms with E-state index in [4.69, 9.17) is 16.9 Å². The van der Waals surface area contributed by atoms with Gasteiger partial charge in [-0.1, -0.05) is 25.4 Å². The second kappa shape index (κ2) is 7.07. The number of amides is 1. The topological polar surface area (TPSA) is 87.8 Å². The maximum absolute atomic E-state index is 12.1. The molecule has 1 N–H and O–H groups in total. The molecule has 0 saturated carbocycles. The molecule has 2 aromatic rings. The van der Waals surface area contributed by atoms with Crippen molar-refractivity contribution in [3.8, 4) is 6.07 Å². The fourth-order valence-electron chi connectivity index (χ4n) is 1.94. The van der Waals surface area contributed by atoms with Crippen LogP contribution in [0.2, 0.25) is 5.02 Å². The molecule has 0 bridgehead atoms. The quantitative estimate of drug-likeness (QED) is 0.933. The summed E-state index contributed by atoms with van der Waals surface area (Å²) < 4.78 is 1.21. The molecule has 0 unspecified atom stereocenters. The normalized spacial score (nSPS) is 10.4. The number of nitrogens with one attached hydrogen (secondary N) is 1. The number of nitriles is 1. The van der Waals surface area contributed by atoms with Crippen LogP contribution in [0.15, 0.2) is 35.4 Å². The average Bonchev–Trinajstić information content (AvgIpc) is 2.49. The van der Waals surface area contributed by atoms with Gasteiger partial charge in [-0.2, -0.15) is 5.26 Å². The van der Waals surface area contributed by atoms with Crippen LogP contribution in [-0.2, 0) is 11.3 Å². The molecule has 1 aromatic carbocycles. The highest BCUT2D eigenvalue weighted by molar-refractivity contribution is 6.31. The molecule has 1 heterocycles. The van der Waals surface area contributed by atoms with E-state index in [0.717, 1.165) is 0 Å². The van der Waals surface area contributed by atoms with Crippen molar-refractivity contribution >= 4 is 23.2 Å². The number of hydrogen-bond acceptors (Lipinski definition) is 4. The van der Waals surface area contributed by atoms with E-state index >= 15 is 0 Å². The lowest BCUT2D eigenvalue weighted by molar-refractivity contribution is -0.116. The minimum Gasteiger partial charge on any atom is -0.323 e. The molecule has 0 saturated heterocycles. The Morgan fingerprint density at radius 3 is 2.78 bits per heavy atom. The number of anilines is 1. The third-order valence-corrected chi connectivity index (χ3v) is 3.42. The monoisotopic (exact) mass is 330 g/mol. The smallest absolute Gasteiger partial charge is 0.254 e. The number of aromatic nitrogens is 2. The van der Waals surface area contributed by atoms with Gasteiger partial charge in [0, 0.05) is 11.1 Å². The Labute approximate surface area is 138 Å². The highest BCUT2D eigenvalue weighted by Crippen LogP contribution is 2.20. The third kappa shape index (κ3) is 4.18. The van der Waals surface area contributed by atoms with Crippen LogP contribution in [0.1, 0.15) is 31.0 Å². The third-order valence-electron chi connectivity index (χ3n) is 3.18. The summed E-state index contributed by atoms with van der Waals surface area (Å²) in [5.41, 5.74) is 0.979. The van der Waals surface area contributed by atoms with E-state index in [2.05, 4.69) is 10.3 Å². The molecule has 0 aliphatic heterocycles. The number of benzene rings is 1. The van der Waals surface area contributed by atoms with Crippen LogP contribution < -0.4 is 10.9 Å². The summed E-state index contributed by atoms with van der Waals surface area (Å²) in [7, 11) is 0. The highest BCUT2D eigenvalue weighted by Gasteiger charge is 2.10. The molecule has 118 valence electrons. The molecular weight excluding hydrogens is 316 g/mol. The Morgan fingerprint density at radius 2 is 2.17 bits per heavy atom. The Bertz CT molecular complexity index is 837. The lowest BCUT2D eigenvalue weighted by atomic mass is 10.1. The van der Waals surface area contributed by atoms with Crippen LogP contribution in [-0.4, -0.2) is 15.5 Å². The molecule has 0 spiro atoms. The van der Waals surface area contributed by atoms with Crippen molar-refractivity contribution in [1.82, 2.24) is 9.55 Å². The first-order chi connectivity index (χ1) is 10.9. The molecule has 1 aromatic heterocycles. The lowest BCUT2D eigenvalue weighted by Crippen LogP contribution is -2.28. The summed E-state index contributed by atoms with van der Waals surface area (Å²) in [4.78, 5) is 28.2.